The van der Waals surface area contributed by atoms with Crippen molar-refractivity contribution in [3.05, 3.63) is 47.0 Å². The number of aryl methyl sites for hydroxylation is 2. The molecule has 3 fully saturated rings. The fraction of sp³-hybridized carbons (Fsp3) is 0.583. The van der Waals surface area contributed by atoms with Gasteiger partial charge in [0.15, 0.2) is 0 Å². The molecule has 4 aliphatic rings. The number of carbonyl (C=O) groups excluding carboxylic acids is 2. The van der Waals surface area contributed by atoms with Crippen LogP contribution in [-0.2, 0) is 20.9 Å². The Morgan fingerprint density at radius 2 is 2.03 bits per heavy atom. The van der Waals surface area contributed by atoms with E-state index in [1.165, 1.54) is 11.1 Å². The quantitative estimate of drug-likeness (QED) is 0.714. The van der Waals surface area contributed by atoms with Crippen molar-refractivity contribution < 1.29 is 14.3 Å². The molecule has 0 N–H and O–H groups in total. The summed E-state index contributed by atoms with van der Waals surface area (Å²) in [4.78, 5) is 33.2. The van der Waals surface area contributed by atoms with Gasteiger partial charge in [-0.15, -0.1) is 0 Å². The Morgan fingerprint density at radius 3 is 2.87 bits per heavy atom. The van der Waals surface area contributed by atoms with Gasteiger partial charge in [-0.3, -0.25) is 9.59 Å². The second kappa shape index (κ2) is 7.20. The molecule has 1 aromatic carbocycles. The van der Waals surface area contributed by atoms with Crippen LogP contribution in [0.1, 0.15) is 23.1 Å². The average Bonchev–Trinajstić information content (AvgIpc) is 3.28. The van der Waals surface area contributed by atoms with E-state index in [-0.39, 0.29) is 17.9 Å². The lowest BCUT2D eigenvalue weighted by molar-refractivity contribution is -0.143. The van der Waals surface area contributed by atoms with Crippen molar-refractivity contribution in [3.8, 4) is 0 Å². The first-order valence-electron chi connectivity index (χ1n) is 11.1. The van der Waals surface area contributed by atoms with Gasteiger partial charge in [-0.25, -0.2) is 0 Å². The molecule has 2 bridgehead atoms. The van der Waals surface area contributed by atoms with Gasteiger partial charge in [-0.2, -0.15) is 0 Å². The average molecular weight is 410 g/mol. The van der Waals surface area contributed by atoms with Crippen LogP contribution < -0.4 is 0 Å². The number of benzene rings is 1. The van der Waals surface area contributed by atoms with E-state index in [1.54, 1.807) is 0 Å². The van der Waals surface area contributed by atoms with Crippen LogP contribution in [0.2, 0.25) is 0 Å². The molecule has 4 aliphatic heterocycles. The van der Waals surface area contributed by atoms with Gasteiger partial charge < -0.3 is 19.4 Å². The van der Waals surface area contributed by atoms with E-state index in [1.807, 2.05) is 22.0 Å². The molecule has 6 nitrogen and oxygen atoms in total. The highest BCUT2D eigenvalue weighted by Gasteiger charge is 2.67. The van der Waals surface area contributed by atoms with Gasteiger partial charge >= 0.3 is 0 Å². The maximum absolute atomic E-state index is 13.5. The van der Waals surface area contributed by atoms with Gasteiger partial charge in [0.05, 0.1) is 24.5 Å². The number of rotatable bonds is 3. The number of ether oxygens (including phenoxy) is 1. The topological polar surface area (TPSA) is 53.1 Å². The number of fused-ring (bicyclic) bond motifs is 1. The Balaban J connectivity index is 1.38. The normalized spacial score (nSPS) is 33.3. The molecule has 2 unspecified atom stereocenters. The number of hydrogen-bond donors (Lipinski definition) is 0. The standard InChI is InChI=1S/C24H31N3O3/c1-16-5-6-17(2)18(13-16)14-27-15-24-8-7-19(30-24)20(21(24)23(27)29)22(28)26-10-4-9-25(3)11-12-26/h5-8,13,19-21H,4,9-12,14-15H2,1-3H3/t19-,20?,21?,24-/m1/s1. The molecule has 30 heavy (non-hydrogen) atoms. The predicted octanol–water partition coefficient (Wildman–Crippen LogP) is 1.75. The van der Waals surface area contributed by atoms with E-state index in [0.717, 1.165) is 38.2 Å². The minimum Gasteiger partial charge on any atom is -0.360 e. The van der Waals surface area contributed by atoms with Crippen LogP contribution in [-0.4, -0.2) is 78.0 Å². The van der Waals surface area contributed by atoms with Crippen molar-refractivity contribution in [1.82, 2.24) is 14.7 Å². The van der Waals surface area contributed by atoms with Crippen LogP contribution in [0, 0.1) is 25.7 Å². The molecule has 160 valence electrons. The SMILES string of the molecule is Cc1ccc(C)c(CN2C[C@@]34C=C[C@@H](O3)C(C(=O)N3CCCN(C)CC3)C4C2=O)c1. The minimum atomic E-state index is -0.636. The Bertz CT molecular complexity index is 913. The van der Waals surface area contributed by atoms with Crippen molar-refractivity contribution in [3.63, 3.8) is 0 Å². The lowest BCUT2D eigenvalue weighted by atomic mass is 9.76. The van der Waals surface area contributed by atoms with Gasteiger partial charge in [0.25, 0.3) is 0 Å². The predicted molar refractivity (Wildman–Crippen MR) is 114 cm³/mol. The van der Waals surface area contributed by atoms with Gasteiger partial charge in [-0.05, 0) is 45.0 Å². The second-order valence-electron chi connectivity index (χ2n) is 9.51. The molecule has 5 rings (SSSR count). The second-order valence-corrected chi connectivity index (χ2v) is 9.51. The van der Waals surface area contributed by atoms with Crippen molar-refractivity contribution in [2.45, 2.75) is 38.5 Å². The summed E-state index contributed by atoms with van der Waals surface area (Å²) in [5, 5.41) is 0. The van der Waals surface area contributed by atoms with Crippen LogP contribution in [0.5, 0.6) is 0 Å². The Hall–Kier alpha value is -2.18. The van der Waals surface area contributed by atoms with Crippen LogP contribution in [0.25, 0.3) is 0 Å². The van der Waals surface area contributed by atoms with Crippen LogP contribution in [0.15, 0.2) is 30.4 Å². The molecular formula is C24H31N3O3. The first-order chi connectivity index (χ1) is 14.4. The van der Waals surface area contributed by atoms with Gasteiger partial charge in [-0.1, -0.05) is 35.9 Å². The van der Waals surface area contributed by atoms with Crippen molar-refractivity contribution in [1.29, 1.82) is 0 Å². The monoisotopic (exact) mass is 409 g/mol. The number of hydrogen-bond acceptors (Lipinski definition) is 4. The fourth-order valence-electron chi connectivity index (χ4n) is 5.65. The van der Waals surface area contributed by atoms with Gasteiger partial charge in [0.1, 0.15) is 5.60 Å². The lowest BCUT2D eigenvalue weighted by Crippen LogP contribution is -2.47. The van der Waals surface area contributed by atoms with Crippen molar-refractivity contribution >= 4 is 11.8 Å². The van der Waals surface area contributed by atoms with Gasteiger partial charge in [0.2, 0.25) is 11.8 Å². The summed E-state index contributed by atoms with van der Waals surface area (Å²) in [7, 11) is 2.10. The lowest BCUT2D eigenvalue weighted by Gasteiger charge is -2.29. The van der Waals surface area contributed by atoms with E-state index in [9.17, 15) is 9.59 Å². The number of likely N-dealkylation sites (N-methyl/N-ethyl adjacent to an activating group) is 1. The molecule has 4 heterocycles. The smallest absolute Gasteiger partial charge is 0.230 e. The molecule has 0 aromatic heterocycles. The first kappa shape index (κ1) is 19.8. The number of carbonyl (C=O) groups is 2. The third-order valence-corrected chi connectivity index (χ3v) is 7.36. The molecule has 0 aliphatic carbocycles. The number of amides is 2. The molecular weight excluding hydrogens is 378 g/mol. The highest BCUT2D eigenvalue weighted by molar-refractivity contribution is 5.93. The summed E-state index contributed by atoms with van der Waals surface area (Å²) in [6.07, 6.45) is 4.76. The summed E-state index contributed by atoms with van der Waals surface area (Å²) in [5.41, 5.74) is 2.90. The molecule has 1 aromatic rings. The van der Waals surface area contributed by atoms with Crippen LogP contribution in [0.4, 0.5) is 0 Å². The molecule has 4 atom stereocenters. The van der Waals surface area contributed by atoms with E-state index in [4.69, 9.17) is 4.74 Å². The van der Waals surface area contributed by atoms with E-state index >= 15 is 0 Å². The van der Waals surface area contributed by atoms with Crippen molar-refractivity contribution in [2.24, 2.45) is 11.8 Å². The number of likely N-dealkylation sites (tertiary alicyclic amines) is 1. The maximum Gasteiger partial charge on any atom is 0.230 e. The molecule has 0 saturated carbocycles. The van der Waals surface area contributed by atoms with Crippen molar-refractivity contribution in [2.75, 3.05) is 39.8 Å². The molecule has 0 radical (unpaired) electrons. The highest BCUT2D eigenvalue weighted by Crippen LogP contribution is 2.52. The zero-order chi connectivity index (χ0) is 21.0. The summed E-state index contributed by atoms with van der Waals surface area (Å²) in [5.74, 6) is -0.637. The molecule has 3 saturated heterocycles. The molecule has 6 heteroatoms. The number of nitrogens with zero attached hydrogens (tertiary/aromatic N) is 3. The third kappa shape index (κ3) is 3.08. The summed E-state index contributed by atoms with van der Waals surface area (Å²) >= 11 is 0. The Kier molecular flexibility index (Phi) is 4.75. The minimum absolute atomic E-state index is 0.0630. The zero-order valence-corrected chi connectivity index (χ0v) is 18.1. The van der Waals surface area contributed by atoms with Crippen LogP contribution in [0.3, 0.4) is 0 Å². The maximum atomic E-state index is 13.5. The fourth-order valence-corrected chi connectivity index (χ4v) is 5.65. The van der Waals surface area contributed by atoms with Gasteiger partial charge in [0, 0.05) is 26.2 Å². The summed E-state index contributed by atoms with van der Waals surface area (Å²) in [6.45, 7) is 8.62. The zero-order valence-electron chi connectivity index (χ0n) is 18.1. The van der Waals surface area contributed by atoms with Crippen LogP contribution >= 0.6 is 0 Å². The van der Waals surface area contributed by atoms with E-state index in [2.05, 4.69) is 44.0 Å². The molecule has 1 spiro atoms. The first-order valence-corrected chi connectivity index (χ1v) is 11.1. The summed E-state index contributed by atoms with van der Waals surface area (Å²) in [6, 6.07) is 6.35. The largest absolute Gasteiger partial charge is 0.360 e. The highest BCUT2D eigenvalue weighted by atomic mass is 16.5. The van der Waals surface area contributed by atoms with E-state index in [0.29, 0.717) is 13.1 Å². The summed E-state index contributed by atoms with van der Waals surface area (Å²) < 4.78 is 6.32. The Labute approximate surface area is 178 Å². The molecule has 2 amide bonds. The third-order valence-electron chi connectivity index (χ3n) is 7.36. The van der Waals surface area contributed by atoms with E-state index < -0.39 is 17.4 Å². The Morgan fingerprint density at radius 1 is 1.20 bits per heavy atom.